The van der Waals surface area contributed by atoms with Crippen molar-refractivity contribution in [2.45, 2.75) is 36.8 Å². The average molecular weight is 333 g/mol. The van der Waals surface area contributed by atoms with Crippen LogP contribution in [0.2, 0.25) is 0 Å². The summed E-state index contributed by atoms with van der Waals surface area (Å²) in [5.74, 6) is 0. The fourth-order valence-corrected chi connectivity index (χ4v) is 2.62. The van der Waals surface area contributed by atoms with Gasteiger partial charge in [0.25, 0.3) is 0 Å². The summed E-state index contributed by atoms with van der Waals surface area (Å²) in [5, 5.41) is 40.8. The molecule has 0 bridgehead atoms. The highest BCUT2D eigenvalue weighted by molar-refractivity contribution is 8.14. The highest BCUT2D eigenvalue weighted by Crippen LogP contribution is 2.29. The fraction of sp³-hybridized carbons (Fsp3) is 0.875. The van der Waals surface area contributed by atoms with E-state index in [0.29, 0.717) is 11.8 Å². The lowest BCUT2D eigenvalue weighted by Gasteiger charge is -2.39. The lowest BCUT2D eigenvalue weighted by molar-refractivity contribution is -0.205. The lowest BCUT2D eigenvalue weighted by Crippen LogP contribution is -2.57. The predicted molar refractivity (Wildman–Crippen MR) is 67.1 cm³/mol. The maximum absolute atomic E-state index is 10.3. The van der Waals surface area contributed by atoms with Crippen LogP contribution in [0.15, 0.2) is 5.16 Å². The van der Waals surface area contributed by atoms with Gasteiger partial charge >= 0.3 is 10.4 Å². The Kier molecular flexibility index (Phi) is 6.15. The second kappa shape index (κ2) is 7.00. The van der Waals surface area contributed by atoms with Crippen molar-refractivity contribution in [1.29, 1.82) is 0 Å². The van der Waals surface area contributed by atoms with Gasteiger partial charge in [0, 0.05) is 0 Å². The smallest absolute Gasteiger partial charge is 0.394 e. The first kappa shape index (κ1) is 17.6. The third-order valence-corrected chi connectivity index (χ3v) is 3.70. The minimum Gasteiger partial charge on any atom is -0.394 e. The van der Waals surface area contributed by atoms with Crippen LogP contribution in [0.4, 0.5) is 0 Å². The Hall–Kier alpha value is -0.470. The molecular formula is C8H15NO9S2. The summed E-state index contributed by atoms with van der Waals surface area (Å²) in [6.45, 7) is 0.719. The first-order chi connectivity index (χ1) is 9.15. The zero-order valence-corrected chi connectivity index (χ0v) is 11.9. The number of thioether (sulfide) groups is 1. The maximum atomic E-state index is 10.3. The molecule has 0 radical (unpaired) electrons. The number of hydrogen-bond donors (Lipinski definition) is 5. The molecule has 0 spiro atoms. The summed E-state index contributed by atoms with van der Waals surface area (Å²) in [5.41, 5.74) is -1.11. The highest BCUT2D eigenvalue weighted by atomic mass is 32.3. The molecule has 12 heteroatoms. The zero-order chi connectivity index (χ0) is 15.5. The van der Waals surface area contributed by atoms with Gasteiger partial charge in [-0.15, -0.1) is 0 Å². The van der Waals surface area contributed by atoms with Crippen LogP contribution in [0.3, 0.4) is 0 Å². The molecule has 0 saturated carbocycles. The third-order valence-electron chi connectivity index (χ3n) is 2.40. The largest absolute Gasteiger partial charge is 0.466 e. The minimum atomic E-state index is -4.74. The van der Waals surface area contributed by atoms with Gasteiger partial charge in [-0.1, -0.05) is 16.9 Å². The molecule has 118 valence electrons. The number of aliphatic hydroxyl groups excluding tert-OH is 4. The van der Waals surface area contributed by atoms with Crippen molar-refractivity contribution < 1.29 is 42.4 Å². The topological polar surface area (TPSA) is 166 Å². The SMILES string of the molecule is C/C(=N\OS(=O)(=O)O)S[C@H]1O[C@@H](CO)[C@H](O)[C@H](O)[C@H]1O. The van der Waals surface area contributed by atoms with Gasteiger partial charge in [0.1, 0.15) is 34.9 Å². The van der Waals surface area contributed by atoms with E-state index in [-0.39, 0.29) is 5.04 Å². The van der Waals surface area contributed by atoms with E-state index in [4.69, 9.17) is 14.4 Å². The Labute approximate surface area is 119 Å². The van der Waals surface area contributed by atoms with Crippen molar-refractivity contribution in [1.82, 2.24) is 0 Å². The summed E-state index contributed by atoms with van der Waals surface area (Å²) in [6.07, 6.45) is -5.61. The predicted octanol–water partition coefficient (Wildman–Crippen LogP) is -2.33. The Morgan fingerprint density at radius 1 is 1.30 bits per heavy atom. The van der Waals surface area contributed by atoms with E-state index in [0.717, 1.165) is 0 Å². The van der Waals surface area contributed by atoms with Crippen LogP contribution in [0.1, 0.15) is 6.92 Å². The van der Waals surface area contributed by atoms with E-state index in [1.807, 2.05) is 0 Å². The van der Waals surface area contributed by atoms with Gasteiger partial charge < -0.3 is 25.2 Å². The number of hydrogen-bond acceptors (Lipinski definition) is 10. The molecule has 0 amide bonds. The van der Waals surface area contributed by atoms with Gasteiger partial charge in [0.15, 0.2) is 0 Å². The quantitative estimate of drug-likeness (QED) is 0.163. The van der Waals surface area contributed by atoms with Gasteiger partial charge in [-0.2, -0.15) is 8.42 Å². The molecule has 0 aliphatic carbocycles. The van der Waals surface area contributed by atoms with E-state index in [1.165, 1.54) is 6.92 Å². The number of rotatable bonds is 4. The second-order valence-electron chi connectivity index (χ2n) is 3.93. The van der Waals surface area contributed by atoms with Crippen LogP contribution in [-0.2, 0) is 19.4 Å². The highest BCUT2D eigenvalue weighted by Gasteiger charge is 2.43. The van der Waals surface area contributed by atoms with E-state index in [9.17, 15) is 23.7 Å². The van der Waals surface area contributed by atoms with E-state index >= 15 is 0 Å². The van der Waals surface area contributed by atoms with Gasteiger partial charge in [-0.25, -0.2) is 4.28 Å². The van der Waals surface area contributed by atoms with Gasteiger partial charge in [-0.3, -0.25) is 4.55 Å². The molecule has 1 aliphatic rings. The average Bonchev–Trinajstić information content (AvgIpc) is 2.36. The van der Waals surface area contributed by atoms with Crippen LogP contribution in [-0.4, -0.2) is 74.9 Å². The summed E-state index contributed by atoms with van der Waals surface area (Å²) in [7, 11) is -4.74. The lowest BCUT2D eigenvalue weighted by atomic mass is 10.0. The number of oxime groups is 1. The molecule has 20 heavy (non-hydrogen) atoms. The fourth-order valence-electron chi connectivity index (χ4n) is 1.45. The third kappa shape index (κ3) is 4.82. The molecule has 0 aromatic carbocycles. The molecular weight excluding hydrogens is 318 g/mol. The Morgan fingerprint density at radius 2 is 1.90 bits per heavy atom. The van der Waals surface area contributed by atoms with E-state index in [2.05, 4.69) is 9.44 Å². The summed E-state index contributed by atoms with van der Waals surface area (Å²) in [6, 6.07) is 0. The molecule has 5 atom stereocenters. The Bertz CT molecular complexity index is 451. The van der Waals surface area contributed by atoms with Gasteiger partial charge in [0.2, 0.25) is 0 Å². The first-order valence-electron chi connectivity index (χ1n) is 5.33. The van der Waals surface area contributed by atoms with Gasteiger partial charge in [0.05, 0.1) is 6.61 Å². The van der Waals surface area contributed by atoms with Crippen molar-refractivity contribution in [3.63, 3.8) is 0 Å². The normalized spacial score (nSPS) is 35.9. The molecule has 1 rings (SSSR count). The molecule has 0 aromatic heterocycles. The Balaban J connectivity index is 2.71. The monoisotopic (exact) mass is 333 g/mol. The first-order valence-corrected chi connectivity index (χ1v) is 7.58. The van der Waals surface area contributed by atoms with Gasteiger partial charge in [-0.05, 0) is 6.92 Å². The van der Waals surface area contributed by atoms with Crippen molar-refractivity contribution in [3.8, 4) is 0 Å². The van der Waals surface area contributed by atoms with Crippen molar-refractivity contribution in [2.24, 2.45) is 5.16 Å². The summed E-state index contributed by atoms with van der Waals surface area (Å²) in [4.78, 5) is 0. The van der Waals surface area contributed by atoms with Crippen LogP contribution in [0, 0.1) is 0 Å². The maximum Gasteiger partial charge on any atom is 0.466 e. The van der Waals surface area contributed by atoms with Crippen molar-refractivity contribution >= 4 is 27.2 Å². The molecule has 1 saturated heterocycles. The van der Waals surface area contributed by atoms with E-state index < -0.39 is 46.9 Å². The van der Waals surface area contributed by atoms with Crippen LogP contribution in [0.25, 0.3) is 0 Å². The molecule has 0 aromatic rings. The molecule has 10 nitrogen and oxygen atoms in total. The molecule has 5 N–H and O–H groups in total. The summed E-state index contributed by atoms with van der Waals surface area (Å²) >= 11 is 0.689. The van der Waals surface area contributed by atoms with Crippen molar-refractivity contribution in [2.75, 3.05) is 6.61 Å². The number of aliphatic hydroxyl groups is 4. The molecule has 1 aliphatic heterocycles. The van der Waals surface area contributed by atoms with Crippen LogP contribution >= 0.6 is 11.8 Å². The minimum absolute atomic E-state index is 0.0352. The number of ether oxygens (including phenoxy) is 1. The number of nitrogens with zero attached hydrogens (tertiary/aromatic N) is 1. The zero-order valence-electron chi connectivity index (χ0n) is 10.2. The Morgan fingerprint density at radius 3 is 2.40 bits per heavy atom. The second-order valence-corrected chi connectivity index (χ2v) is 6.22. The van der Waals surface area contributed by atoms with Crippen LogP contribution in [0.5, 0.6) is 0 Å². The standard InChI is InChI=1S/C8H15NO9S2/c1-3(9-18-20(14,15)16)19-8-7(13)6(12)5(11)4(2-10)17-8/h4-8,10-13H,2H2,1H3,(H,14,15,16)/b9-3+/t4-,5-,6-,7+,8+/m0/s1. The summed E-state index contributed by atoms with van der Waals surface area (Å²) < 4.78 is 37.9. The van der Waals surface area contributed by atoms with Crippen LogP contribution < -0.4 is 0 Å². The molecule has 1 heterocycles. The molecule has 1 fully saturated rings. The molecule has 0 unspecified atom stereocenters. The van der Waals surface area contributed by atoms with E-state index in [1.54, 1.807) is 0 Å². The van der Waals surface area contributed by atoms with Crippen molar-refractivity contribution in [3.05, 3.63) is 0 Å².